The van der Waals surface area contributed by atoms with Gasteiger partial charge < -0.3 is 4.74 Å². The largest absolute Gasteiger partial charge is 0.456 e. The van der Waals surface area contributed by atoms with Crippen LogP contribution in [-0.2, 0) is 5.66 Å². The third-order valence-electron chi connectivity index (χ3n) is 8.27. The molecule has 10 rings (SSSR count). The monoisotopic (exact) mass is 433 g/mol. The molecule has 4 nitrogen and oxygen atoms in total. The molecular formula is C30H15N3O+2. The molecule has 4 heteroatoms. The van der Waals surface area contributed by atoms with Crippen molar-refractivity contribution in [1.82, 2.24) is 4.98 Å². The first-order chi connectivity index (χ1) is 16.9. The lowest BCUT2D eigenvalue weighted by atomic mass is 9.85. The molecule has 3 aliphatic heterocycles. The first-order valence-electron chi connectivity index (χ1n) is 11.6. The molecule has 4 aromatic carbocycles. The fraction of sp³-hybridized carbons (Fsp3) is 0.0333. The van der Waals surface area contributed by atoms with Gasteiger partial charge in [0, 0.05) is 18.3 Å². The minimum atomic E-state index is -0.536. The molecule has 7 aromatic rings. The summed E-state index contributed by atoms with van der Waals surface area (Å²) in [5, 5.41) is 8.76. The van der Waals surface area contributed by atoms with Crippen LogP contribution in [0.4, 0.5) is 0 Å². The second kappa shape index (κ2) is 4.85. The van der Waals surface area contributed by atoms with Gasteiger partial charge in [0.1, 0.15) is 11.5 Å². The molecule has 0 bridgehead atoms. The third-order valence-corrected chi connectivity index (χ3v) is 8.27. The van der Waals surface area contributed by atoms with Gasteiger partial charge in [0.25, 0.3) is 0 Å². The standard InChI is InChI=1S/C30H15N3O/c1-2-7-18-17(6-1)19-9-11-22-26-24(19)29-20(18)8-4-14-33(29)30(26)27-23(34-22)12-10-21-25(27)28-16(15-31-21)5-3-13-32(28)30/h1-15H/q+2. The first kappa shape index (κ1) is 16.1. The molecule has 0 amide bonds. The van der Waals surface area contributed by atoms with Crippen molar-refractivity contribution < 1.29 is 13.9 Å². The van der Waals surface area contributed by atoms with E-state index in [9.17, 15) is 0 Å². The summed E-state index contributed by atoms with van der Waals surface area (Å²) >= 11 is 0. The van der Waals surface area contributed by atoms with Gasteiger partial charge in [-0.1, -0.05) is 24.3 Å². The number of nitrogens with zero attached hydrogens (tertiary/aromatic N) is 3. The van der Waals surface area contributed by atoms with Crippen LogP contribution in [0.2, 0.25) is 0 Å². The summed E-state index contributed by atoms with van der Waals surface area (Å²) in [5.74, 6) is 1.85. The van der Waals surface area contributed by atoms with E-state index in [1.165, 1.54) is 54.5 Å². The molecule has 1 atom stereocenters. The molecule has 0 saturated carbocycles. The minimum absolute atomic E-state index is 0.536. The van der Waals surface area contributed by atoms with Gasteiger partial charge in [-0.05, 0) is 52.6 Å². The Kier molecular flexibility index (Phi) is 2.30. The molecule has 3 aromatic heterocycles. The van der Waals surface area contributed by atoms with Crippen molar-refractivity contribution in [3.05, 3.63) is 103 Å². The van der Waals surface area contributed by atoms with E-state index in [0.717, 1.165) is 22.4 Å². The Morgan fingerprint density at radius 1 is 0.618 bits per heavy atom. The highest BCUT2D eigenvalue weighted by molar-refractivity contribution is 6.25. The van der Waals surface area contributed by atoms with Gasteiger partial charge in [-0.25, -0.2) is 0 Å². The minimum Gasteiger partial charge on any atom is -0.456 e. The van der Waals surface area contributed by atoms with Crippen LogP contribution in [0.1, 0.15) is 11.1 Å². The Morgan fingerprint density at radius 2 is 1.32 bits per heavy atom. The number of hydrogen-bond donors (Lipinski definition) is 0. The summed E-state index contributed by atoms with van der Waals surface area (Å²) in [7, 11) is 0. The molecule has 154 valence electrons. The molecular weight excluding hydrogens is 418 g/mol. The normalized spacial score (nSPS) is 18.4. The van der Waals surface area contributed by atoms with E-state index in [1.54, 1.807) is 0 Å². The zero-order chi connectivity index (χ0) is 21.8. The van der Waals surface area contributed by atoms with Crippen molar-refractivity contribution >= 4 is 54.3 Å². The van der Waals surface area contributed by atoms with Crippen LogP contribution in [0.15, 0.2) is 91.4 Å². The van der Waals surface area contributed by atoms with Crippen LogP contribution in [0.25, 0.3) is 54.3 Å². The van der Waals surface area contributed by atoms with E-state index < -0.39 is 5.66 Å². The number of fused-ring (bicyclic) bond motifs is 3. The highest BCUT2D eigenvalue weighted by Crippen LogP contribution is 2.57. The smallest absolute Gasteiger partial charge is 0.425 e. The van der Waals surface area contributed by atoms with Crippen LogP contribution in [0.3, 0.4) is 0 Å². The van der Waals surface area contributed by atoms with Gasteiger partial charge in [-0.2, -0.15) is 0 Å². The van der Waals surface area contributed by atoms with E-state index in [4.69, 9.17) is 9.72 Å². The number of benzene rings is 4. The van der Waals surface area contributed by atoms with Gasteiger partial charge in [-0.3, -0.25) is 4.98 Å². The van der Waals surface area contributed by atoms with Gasteiger partial charge in [0.15, 0.2) is 23.5 Å². The molecule has 0 saturated heterocycles. The molecule has 1 unspecified atom stereocenters. The van der Waals surface area contributed by atoms with E-state index in [1.807, 2.05) is 6.20 Å². The van der Waals surface area contributed by atoms with E-state index in [-0.39, 0.29) is 0 Å². The maximum atomic E-state index is 6.66. The topological polar surface area (TPSA) is 29.9 Å². The Labute approximate surface area is 192 Å². The summed E-state index contributed by atoms with van der Waals surface area (Å²) in [6.07, 6.45) is 6.48. The van der Waals surface area contributed by atoms with Crippen molar-refractivity contribution in [1.29, 1.82) is 0 Å². The molecule has 3 aliphatic rings. The van der Waals surface area contributed by atoms with Crippen LogP contribution in [0.5, 0.6) is 11.5 Å². The molecule has 0 radical (unpaired) electrons. The SMILES string of the molecule is c1ccc2c(c1)c1ccc3c4c1c1c2ccc[n+]1C41c2c(ccc4ncc5ccc[n+]1c5c24)O3. The highest BCUT2D eigenvalue weighted by Gasteiger charge is 2.69. The predicted octanol–water partition coefficient (Wildman–Crippen LogP) is 5.45. The van der Waals surface area contributed by atoms with Crippen LogP contribution >= 0.6 is 0 Å². The third kappa shape index (κ3) is 1.39. The average Bonchev–Trinajstić information content (AvgIpc) is 3.39. The van der Waals surface area contributed by atoms with Gasteiger partial charge in [-0.15, -0.1) is 9.13 Å². The average molecular weight is 433 g/mol. The predicted molar refractivity (Wildman–Crippen MR) is 130 cm³/mol. The molecule has 1 spiro atoms. The number of hydrogen-bond acceptors (Lipinski definition) is 2. The summed E-state index contributed by atoms with van der Waals surface area (Å²) in [5.41, 5.74) is 5.40. The highest BCUT2D eigenvalue weighted by atomic mass is 16.5. The van der Waals surface area contributed by atoms with Gasteiger partial charge in [0.2, 0.25) is 11.0 Å². The maximum Gasteiger partial charge on any atom is 0.425 e. The fourth-order valence-electron chi connectivity index (χ4n) is 7.18. The van der Waals surface area contributed by atoms with Crippen LogP contribution in [0, 0.1) is 0 Å². The Balaban J connectivity index is 1.60. The van der Waals surface area contributed by atoms with Crippen LogP contribution < -0.4 is 13.9 Å². The quantitative estimate of drug-likeness (QED) is 0.235. The second-order valence-corrected chi connectivity index (χ2v) is 9.59. The van der Waals surface area contributed by atoms with Gasteiger partial charge >= 0.3 is 5.66 Å². The number of aromatic nitrogens is 3. The summed E-state index contributed by atoms with van der Waals surface area (Å²) < 4.78 is 11.6. The van der Waals surface area contributed by atoms with Crippen molar-refractivity contribution in [2.75, 3.05) is 0 Å². The first-order valence-corrected chi connectivity index (χ1v) is 11.6. The zero-order valence-electron chi connectivity index (χ0n) is 17.9. The lowest BCUT2D eigenvalue weighted by Gasteiger charge is -2.26. The maximum absolute atomic E-state index is 6.66. The van der Waals surface area contributed by atoms with E-state index >= 15 is 0 Å². The lowest BCUT2D eigenvalue weighted by Crippen LogP contribution is -2.72. The van der Waals surface area contributed by atoms with Gasteiger partial charge in [0.05, 0.1) is 27.1 Å². The van der Waals surface area contributed by atoms with Crippen molar-refractivity contribution in [3.63, 3.8) is 0 Å². The van der Waals surface area contributed by atoms with Crippen molar-refractivity contribution in [2.45, 2.75) is 5.66 Å². The summed E-state index contributed by atoms with van der Waals surface area (Å²) in [6, 6.07) is 26.1. The number of pyridine rings is 3. The van der Waals surface area contributed by atoms with Crippen molar-refractivity contribution in [2.24, 2.45) is 0 Å². The molecule has 0 N–H and O–H groups in total. The Morgan fingerprint density at radius 3 is 2.21 bits per heavy atom. The lowest BCUT2D eigenvalue weighted by molar-refractivity contribution is -0.945. The summed E-state index contributed by atoms with van der Waals surface area (Å²) in [4.78, 5) is 4.83. The summed E-state index contributed by atoms with van der Waals surface area (Å²) in [6.45, 7) is 0. The Hall–Kier alpha value is -4.57. The van der Waals surface area contributed by atoms with E-state index in [2.05, 4.69) is 94.3 Å². The molecule has 0 fully saturated rings. The zero-order valence-corrected chi connectivity index (χ0v) is 17.9. The number of rotatable bonds is 0. The molecule has 6 heterocycles. The fourth-order valence-corrected chi connectivity index (χ4v) is 7.18. The number of ether oxygens (including phenoxy) is 1. The second-order valence-electron chi connectivity index (χ2n) is 9.59. The molecule has 34 heavy (non-hydrogen) atoms. The van der Waals surface area contributed by atoms with Crippen LogP contribution in [-0.4, -0.2) is 4.98 Å². The van der Waals surface area contributed by atoms with Crippen molar-refractivity contribution in [3.8, 4) is 11.5 Å². The molecule has 0 aliphatic carbocycles. The van der Waals surface area contributed by atoms with E-state index in [0.29, 0.717) is 0 Å². The Bertz CT molecular complexity index is 2160.